The Morgan fingerprint density at radius 2 is 1.17 bits per heavy atom. The number of carbonyl (C=O) groups is 2. The number of amides is 2. The fourth-order valence-corrected chi connectivity index (χ4v) is 3.75. The van der Waals surface area contributed by atoms with Crippen molar-refractivity contribution in [1.82, 2.24) is 19.8 Å². The molecule has 0 aromatic carbocycles. The van der Waals surface area contributed by atoms with Crippen molar-refractivity contribution in [1.29, 1.82) is 0 Å². The predicted molar refractivity (Wildman–Crippen MR) is 114 cm³/mol. The molecule has 6 nitrogen and oxygen atoms in total. The molecular weight excluding hydrogens is 384 g/mol. The van der Waals surface area contributed by atoms with Gasteiger partial charge in [0.25, 0.3) is 11.8 Å². The van der Waals surface area contributed by atoms with Crippen LogP contribution in [0.1, 0.15) is 41.9 Å². The van der Waals surface area contributed by atoms with Crippen LogP contribution in [0.15, 0.2) is 48.8 Å². The van der Waals surface area contributed by atoms with E-state index in [2.05, 4.69) is 9.97 Å². The number of rotatable bonds is 6. The van der Waals surface area contributed by atoms with Gasteiger partial charge in [0.2, 0.25) is 0 Å². The molecule has 0 saturated carbocycles. The average molecular weight is 409 g/mol. The van der Waals surface area contributed by atoms with Gasteiger partial charge in [0.1, 0.15) is 0 Å². The summed E-state index contributed by atoms with van der Waals surface area (Å²) in [6, 6.07) is 11.2. The molecule has 0 fully saturated rings. The molecule has 0 N–H and O–H groups in total. The van der Waals surface area contributed by atoms with Crippen LogP contribution >= 0.6 is 11.3 Å². The van der Waals surface area contributed by atoms with Crippen LogP contribution in [0.5, 0.6) is 0 Å². The third-order valence-electron chi connectivity index (χ3n) is 4.46. The molecule has 3 rings (SSSR count). The molecular formula is C22H24N4O2S. The zero-order valence-corrected chi connectivity index (χ0v) is 17.9. The first kappa shape index (κ1) is 20.7. The Balaban J connectivity index is 1.63. The third kappa shape index (κ3) is 5.26. The summed E-state index contributed by atoms with van der Waals surface area (Å²) in [6.07, 6.45) is 3.57. The summed E-state index contributed by atoms with van der Waals surface area (Å²) in [4.78, 5) is 38.4. The molecule has 2 amide bonds. The van der Waals surface area contributed by atoms with Crippen molar-refractivity contribution in [2.75, 3.05) is 14.1 Å². The molecule has 0 atom stereocenters. The molecule has 3 heterocycles. The van der Waals surface area contributed by atoms with Gasteiger partial charge in [-0.05, 0) is 49.2 Å². The monoisotopic (exact) mass is 408 g/mol. The van der Waals surface area contributed by atoms with Crippen molar-refractivity contribution >= 4 is 23.2 Å². The first-order valence-corrected chi connectivity index (χ1v) is 10.1. The molecule has 0 unspecified atom stereocenters. The van der Waals surface area contributed by atoms with E-state index in [0.29, 0.717) is 22.8 Å². The van der Waals surface area contributed by atoms with Crippen molar-refractivity contribution < 1.29 is 9.59 Å². The Morgan fingerprint density at radius 1 is 0.759 bits per heavy atom. The number of aromatic nitrogens is 2. The van der Waals surface area contributed by atoms with Gasteiger partial charge in [-0.3, -0.25) is 19.6 Å². The zero-order valence-electron chi connectivity index (χ0n) is 17.0. The van der Waals surface area contributed by atoms with E-state index in [4.69, 9.17) is 0 Å². The number of pyridine rings is 2. The lowest BCUT2D eigenvalue weighted by atomic mass is 10.2. The van der Waals surface area contributed by atoms with Gasteiger partial charge >= 0.3 is 0 Å². The Hall–Kier alpha value is -3.06. The Kier molecular flexibility index (Phi) is 6.39. The molecule has 3 aromatic heterocycles. The van der Waals surface area contributed by atoms with E-state index in [1.807, 2.05) is 38.1 Å². The fraction of sp³-hybridized carbons (Fsp3) is 0.273. The summed E-state index contributed by atoms with van der Waals surface area (Å²) in [7, 11) is 3.47. The predicted octanol–water partition coefficient (Wildman–Crippen LogP) is 3.70. The molecule has 7 heteroatoms. The topological polar surface area (TPSA) is 66.4 Å². The van der Waals surface area contributed by atoms with Gasteiger partial charge in [0, 0.05) is 26.5 Å². The molecule has 0 aliphatic carbocycles. The van der Waals surface area contributed by atoms with E-state index < -0.39 is 0 Å². The minimum absolute atomic E-state index is 0.126. The van der Waals surface area contributed by atoms with Crippen LogP contribution in [0.4, 0.5) is 0 Å². The molecule has 150 valence electrons. The lowest BCUT2D eigenvalue weighted by Crippen LogP contribution is -2.26. The van der Waals surface area contributed by atoms with E-state index in [1.165, 1.54) is 11.3 Å². The number of carbonyl (C=O) groups excluding carboxylic acids is 2. The molecule has 29 heavy (non-hydrogen) atoms. The van der Waals surface area contributed by atoms with Crippen molar-refractivity contribution in [3.63, 3.8) is 0 Å². The summed E-state index contributed by atoms with van der Waals surface area (Å²) < 4.78 is 0. The average Bonchev–Trinajstić information content (AvgIpc) is 3.20. The van der Waals surface area contributed by atoms with Gasteiger partial charge in [-0.1, -0.05) is 12.1 Å². The first-order valence-electron chi connectivity index (χ1n) is 9.27. The number of thiophene rings is 1. The van der Waals surface area contributed by atoms with Gasteiger partial charge in [-0.2, -0.15) is 0 Å². The van der Waals surface area contributed by atoms with Crippen LogP contribution in [-0.2, 0) is 13.1 Å². The van der Waals surface area contributed by atoms with Gasteiger partial charge in [-0.15, -0.1) is 11.3 Å². The van der Waals surface area contributed by atoms with Gasteiger partial charge in [0.15, 0.2) is 0 Å². The van der Waals surface area contributed by atoms with E-state index in [-0.39, 0.29) is 11.8 Å². The van der Waals surface area contributed by atoms with Crippen LogP contribution in [0.3, 0.4) is 0 Å². The Bertz CT molecular complexity index is 916. The highest BCUT2D eigenvalue weighted by atomic mass is 32.1. The highest BCUT2D eigenvalue weighted by Crippen LogP contribution is 2.21. The molecule has 0 aliphatic heterocycles. The molecule has 0 aliphatic rings. The maximum atomic E-state index is 12.7. The minimum Gasteiger partial charge on any atom is -0.335 e. The molecule has 0 bridgehead atoms. The highest BCUT2D eigenvalue weighted by Gasteiger charge is 2.20. The largest absolute Gasteiger partial charge is 0.335 e. The van der Waals surface area contributed by atoms with Gasteiger partial charge < -0.3 is 9.80 Å². The van der Waals surface area contributed by atoms with Crippen LogP contribution in [0, 0.1) is 13.8 Å². The van der Waals surface area contributed by atoms with Crippen LogP contribution < -0.4 is 0 Å². The van der Waals surface area contributed by atoms with E-state index in [0.717, 1.165) is 22.5 Å². The Morgan fingerprint density at radius 3 is 1.52 bits per heavy atom. The summed E-state index contributed by atoms with van der Waals surface area (Å²) in [5.74, 6) is -0.251. The quantitative estimate of drug-likeness (QED) is 0.624. The van der Waals surface area contributed by atoms with Crippen LogP contribution in [-0.4, -0.2) is 45.7 Å². The van der Waals surface area contributed by atoms with E-state index in [1.54, 1.807) is 48.4 Å². The molecule has 0 spiro atoms. The summed E-state index contributed by atoms with van der Waals surface area (Å²) >= 11 is 1.21. The number of nitrogens with zero attached hydrogens (tertiary/aromatic N) is 4. The van der Waals surface area contributed by atoms with E-state index in [9.17, 15) is 9.59 Å². The second-order valence-corrected chi connectivity index (χ2v) is 8.22. The SMILES string of the molecule is Cc1ccc(CN(C)C(=O)c2ccc(C(=O)N(C)Cc3ccc(C)cn3)s2)nc1. The molecule has 0 radical (unpaired) electrons. The maximum Gasteiger partial charge on any atom is 0.264 e. The third-order valence-corrected chi connectivity index (χ3v) is 5.53. The van der Waals surface area contributed by atoms with Crippen LogP contribution in [0.25, 0.3) is 0 Å². The first-order chi connectivity index (χ1) is 13.8. The van der Waals surface area contributed by atoms with Crippen molar-refractivity contribution in [3.05, 3.63) is 81.1 Å². The summed E-state index contributed by atoms with van der Waals surface area (Å²) in [5.41, 5.74) is 3.80. The lowest BCUT2D eigenvalue weighted by Gasteiger charge is -2.16. The number of aryl methyl sites for hydroxylation is 2. The van der Waals surface area contributed by atoms with Crippen molar-refractivity contribution in [3.8, 4) is 0 Å². The Labute approximate surface area is 174 Å². The highest BCUT2D eigenvalue weighted by molar-refractivity contribution is 7.15. The smallest absolute Gasteiger partial charge is 0.264 e. The number of hydrogen-bond donors (Lipinski definition) is 0. The second kappa shape index (κ2) is 8.96. The maximum absolute atomic E-state index is 12.7. The normalized spacial score (nSPS) is 10.6. The van der Waals surface area contributed by atoms with E-state index >= 15 is 0 Å². The van der Waals surface area contributed by atoms with Gasteiger partial charge in [0.05, 0.1) is 34.2 Å². The summed E-state index contributed by atoms with van der Waals surface area (Å²) in [6.45, 7) is 4.78. The standard InChI is InChI=1S/C22H24N4O2S/c1-15-5-7-17(23-11-15)13-25(3)21(27)19-9-10-20(29-19)22(28)26(4)14-18-8-6-16(2)12-24-18/h5-12H,13-14H2,1-4H3. The molecule has 0 saturated heterocycles. The van der Waals surface area contributed by atoms with Gasteiger partial charge in [-0.25, -0.2) is 0 Å². The van der Waals surface area contributed by atoms with Crippen LogP contribution in [0.2, 0.25) is 0 Å². The van der Waals surface area contributed by atoms with Crippen molar-refractivity contribution in [2.45, 2.75) is 26.9 Å². The lowest BCUT2D eigenvalue weighted by molar-refractivity contribution is 0.0783. The summed E-state index contributed by atoms with van der Waals surface area (Å²) in [5, 5.41) is 0. The number of hydrogen-bond acceptors (Lipinski definition) is 5. The minimum atomic E-state index is -0.126. The fourth-order valence-electron chi connectivity index (χ4n) is 2.76. The van der Waals surface area contributed by atoms with Crippen molar-refractivity contribution in [2.24, 2.45) is 0 Å². The second-order valence-electron chi connectivity index (χ2n) is 7.14. The zero-order chi connectivity index (χ0) is 21.0. The molecule has 3 aromatic rings.